The molecule has 686 valence electrons. The van der Waals surface area contributed by atoms with Crippen molar-refractivity contribution in [1.29, 1.82) is 0 Å². The molecule has 0 unspecified atom stereocenters. The molecule has 6 aliphatic rings. The molecule has 0 atom stereocenters. The summed E-state index contributed by atoms with van der Waals surface area (Å²) in [5, 5.41) is 4.04. The Morgan fingerprint density at radius 2 is 0.307 bits per heavy atom. The molecular weight excluding hydrogens is 1670 g/mol. The second-order valence-corrected chi connectivity index (χ2v) is 53.7. The van der Waals surface area contributed by atoms with E-state index < -0.39 is 8.07 Å². The first-order chi connectivity index (χ1) is 64.5. The Kier molecular flexibility index (Phi) is 20.9. The number of nitrogens with zero attached hydrogens (tertiary/aromatic N) is 6. The fourth-order valence-corrected chi connectivity index (χ4v) is 26.6. The summed E-state index contributed by atoms with van der Waals surface area (Å²) in [6, 6.07) is 125. The van der Waals surface area contributed by atoms with Crippen molar-refractivity contribution in [2.75, 3.05) is 29.4 Å². The summed E-state index contributed by atoms with van der Waals surface area (Å²) in [6.07, 6.45) is 0. The van der Waals surface area contributed by atoms with Gasteiger partial charge < -0.3 is 29.4 Å². The zero-order valence-corrected chi connectivity index (χ0v) is 87.4. The van der Waals surface area contributed by atoms with Crippen molar-refractivity contribution in [3.8, 4) is 0 Å². The van der Waals surface area contributed by atoms with Crippen LogP contribution in [0.2, 0.25) is 6.55 Å². The highest BCUT2D eigenvalue weighted by molar-refractivity contribution is 7.12. The van der Waals surface area contributed by atoms with Gasteiger partial charge in [-0.3, -0.25) is 0 Å². The average Bonchev–Trinajstić information content (AvgIpc) is 0.695. The van der Waals surface area contributed by atoms with E-state index in [4.69, 9.17) is 0 Å². The summed E-state index contributed by atoms with van der Waals surface area (Å²) in [5.41, 5.74) is 44.1. The lowest BCUT2D eigenvalue weighted by molar-refractivity contribution is 0.590. The molecule has 0 saturated carbocycles. The third-order valence-electron chi connectivity index (χ3n) is 31.2. The minimum absolute atomic E-state index is 0.0295. The van der Waals surface area contributed by atoms with Crippen molar-refractivity contribution in [3.63, 3.8) is 0 Å². The van der Waals surface area contributed by atoms with Crippen LogP contribution in [0.4, 0.5) is 102 Å². The van der Waals surface area contributed by atoms with Crippen molar-refractivity contribution in [1.82, 2.24) is 0 Å². The Balaban J connectivity index is 0.880. The lowest BCUT2D eigenvalue weighted by Gasteiger charge is -2.46. The predicted octanol–water partition coefficient (Wildman–Crippen LogP) is 26.7. The molecule has 10 heteroatoms. The molecule has 15 aromatic rings. The molecule has 0 spiro atoms. The van der Waals surface area contributed by atoms with Crippen LogP contribution in [-0.4, -0.2) is 28.2 Å². The van der Waals surface area contributed by atoms with Crippen LogP contribution < -0.4 is 94.1 Å². The van der Waals surface area contributed by atoms with Crippen molar-refractivity contribution in [2.45, 2.75) is 242 Å². The number of hydrogen-bond acceptors (Lipinski definition) is 6. The Labute approximate surface area is 820 Å². The van der Waals surface area contributed by atoms with Gasteiger partial charge in [-0.1, -0.05) is 357 Å². The van der Waals surface area contributed by atoms with Gasteiger partial charge in [0, 0.05) is 102 Å². The van der Waals surface area contributed by atoms with Crippen LogP contribution in [-0.2, 0) is 48.7 Å². The topological polar surface area (TPSA) is 19.4 Å². The summed E-state index contributed by atoms with van der Waals surface area (Å²) in [4.78, 5) is 15.7. The summed E-state index contributed by atoms with van der Waals surface area (Å²) < 4.78 is 0. The minimum atomic E-state index is -3.58. The van der Waals surface area contributed by atoms with Crippen LogP contribution in [0.5, 0.6) is 0 Å². The SMILES string of the molecule is CC(C)(C)c1ccc(N2c3ccc(C(C)(C)C)cc3B3c4cc([Si](C)(c5ccc6c(c5)B5c7cc(C(C)(C)C)ccc7N(c7ccc(C(C)(C)C)cc7)c7cccc(c75)N6c5ccc(C(C)(C)C)cc5)c5ccc6c(c5)B5c7cc(C(C)(C)C)ccc7N(c7ccc(C(C)(C)C)cc7)c7cccc(c75)N6c5ccc(C(C)(C)C)cc5)ccc4N(c4ccc(C(C)(C)C)cc4)c4cccc2c43)cc1. The number of anilines is 18. The van der Waals surface area contributed by atoms with Gasteiger partial charge in [0.1, 0.15) is 8.07 Å². The average molecular weight is 1810 g/mol. The van der Waals surface area contributed by atoms with Crippen molar-refractivity contribution >= 4 is 195 Å². The molecule has 137 heavy (non-hydrogen) atoms. The lowest BCUT2D eigenvalue weighted by Crippen LogP contribution is -2.69. The zero-order chi connectivity index (χ0) is 96.8. The standard InChI is InChI=1S/C127H135B3N6Si/c1-119(2,3)80-38-53-89(54-39-80)131-104-68-50-86(125(19,20)21)74-98(104)128-101-77-95(65-71-107(101)134(113-35-29-32-110(131)116(113)128)92-59-44-83(45-60-92)122(10,11)12)137(28,96-66-72-108-102(78-96)129-99-75-87(126(22,23)24)51-69-105(99)132(90-55-40-81(41-56-90)120(4,5)6)111-33-30-36-114(117(111)129)135(108)93-61-46-84(47-62-93)123(13,14)15)97-67-73-109-103(79-97)130-100-76-88(127(25,26)27)52-70-106(100)133(91-57-42-82(43-58-91)121(7,8)9)112-34-31-37-115(118(112)130)136(109)94-63-48-85(49-64-94)124(16,17)18/h29-79H,1-28H3. The summed E-state index contributed by atoms with van der Waals surface area (Å²) >= 11 is 0. The van der Waals surface area contributed by atoms with Crippen molar-refractivity contribution in [3.05, 3.63) is 359 Å². The first-order valence-electron chi connectivity index (χ1n) is 50.2. The molecule has 0 radical (unpaired) electrons. The fourth-order valence-electron chi connectivity index (χ4n) is 23.0. The van der Waals surface area contributed by atoms with E-state index in [0.717, 1.165) is 34.1 Å². The maximum absolute atomic E-state index is 3.58. The van der Waals surface area contributed by atoms with E-state index in [1.54, 1.807) is 0 Å². The molecule has 0 fully saturated rings. The molecule has 6 nitrogen and oxygen atoms in total. The lowest BCUT2D eigenvalue weighted by atomic mass is 9.33. The van der Waals surface area contributed by atoms with E-state index in [1.165, 1.54) is 183 Å². The van der Waals surface area contributed by atoms with E-state index in [1.807, 2.05) is 0 Å². The third kappa shape index (κ3) is 15.1. The Bertz CT molecular complexity index is 6610. The minimum Gasteiger partial charge on any atom is -0.311 e. The maximum Gasteiger partial charge on any atom is 0.252 e. The highest BCUT2D eigenvalue weighted by Gasteiger charge is 2.51. The van der Waals surface area contributed by atoms with Crippen LogP contribution in [0.1, 0.15) is 237 Å². The number of benzene rings is 15. The highest BCUT2D eigenvalue weighted by Crippen LogP contribution is 2.52. The smallest absolute Gasteiger partial charge is 0.252 e. The van der Waals surface area contributed by atoms with Gasteiger partial charge >= 0.3 is 0 Å². The number of rotatable bonds is 9. The highest BCUT2D eigenvalue weighted by atomic mass is 28.3. The van der Waals surface area contributed by atoms with Gasteiger partial charge in [0.15, 0.2) is 0 Å². The van der Waals surface area contributed by atoms with Gasteiger partial charge in [0.05, 0.1) is 0 Å². The van der Waals surface area contributed by atoms with E-state index >= 15 is 0 Å². The predicted molar refractivity (Wildman–Crippen MR) is 600 cm³/mol. The van der Waals surface area contributed by atoms with Gasteiger partial charge in [0.2, 0.25) is 0 Å². The molecule has 21 rings (SSSR count). The van der Waals surface area contributed by atoms with E-state index in [2.05, 4.69) is 532 Å². The maximum atomic E-state index is 2.78. The molecule has 0 aromatic heterocycles. The second kappa shape index (κ2) is 31.5. The van der Waals surface area contributed by atoms with Crippen molar-refractivity contribution < 1.29 is 0 Å². The molecule has 0 bridgehead atoms. The summed E-state index contributed by atoms with van der Waals surface area (Å²) in [5.74, 6) is 0. The van der Waals surface area contributed by atoms with Gasteiger partial charge in [0.25, 0.3) is 20.1 Å². The molecular formula is C127H135B3N6Si. The van der Waals surface area contributed by atoms with Crippen LogP contribution in [0.25, 0.3) is 0 Å². The summed E-state index contributed by atoms with van der Waals surface area (Å²) in [6.45, 7) is 65.7. The molecule has 0 N–H and O–H groups in total. The quantitative estimate of drug-likeness (QED) is 0.105. The van der Waals surface area contributed by atoms with Crippen LogP contribution >= 0.6 is 0 Å². The fraction of sp³-hybridized carbons (Fsp3) is 0.291. The van der Waals surface area contributed by atoms with Gasteiger partial charge in [-0.05, 0) is 309 Å². The molecule has 0 amide bonds. The van der Waals surface area contributed by atoms with Crippen LogP contribution in [0.15, 0.2) is 309 Å². The monoisotopic (exact) mass is 1810 g/mol. The Morgan fingerprint density at radius 1 is 0.161 bits per heavy atom. The van der Waals surface area contributed by atoms with Crippen LogP contribution in [0, 0.1) is 0 Å². The molecule has 0 aliphatic carbocycles. The third-order valence-corrected chi connectivity index (χ3v) is 35.6. The van der Waals surface area contributed by atoms with E-state index in [0.29, 0.717) is 0 Å². The molecule has 6 heterocycles. The Morgan fingerprint density at radius 3 is 0.467 bits per heavy atom. The number of fused-ring (bicyclic) bond motifs is 12. The van der Waals surface area contributed by atoms with Crippen molar-refractivity contribution in [2.24, 2.45) is 0 Å². The van der Waals surface area contributed by atoms with Gasteiger partial charge in [-0.25, -0.2) is 0 Å². The molecule has 0 saturated heterocycles. The van der Waals surface area contributed by atoms with E-state index in [-0.39, 0.29) is 68.9 Å². The second-order valence-electron chi connectivity index (χ2n) is 49.7. The normalized spacial score (nSPS) is 14.6. The number of hydrogen-bond donors (Lipinski definition) is 0. The van der Waals surface area contributed by atoms with E-state index in [9.17, 15) is 0 Å². The summed E-state index contributed by atoms with van der Waals surface area (Å²) in [7, 11) is -3.58. The molecule has 15 aromatic carbocycles. The first-order valence-corrected chi connectivity index (χ1v) is 52.7. The molecule has 6 aliphatic heterocycles. The Hall–Kier alpha value is -12.5. The van der Waals surface area contributed by atoms with Gasteiger partial charge in [-0.2, -0.15) is 0 Å². The largest absolute Gasteiger partial charge is 0.311 e. The van der Waals surface area contributed by atoms with Gasteiger partial charge in [-0.15, -0.1) is 0 Å². The van der Waals surface area contributed by atoms with Crippen LogP contribution in [0.3, 0.4) is 0 Å². The first kappa shape index (κ1) is 91.0. The zero-order valence-electron chi connectivity index (χ0n) is 86.4.